The van der Waals surface area contributed by atoms with Gasteiger partial charge in [-0.2, -0.15) is 0 Å². The van der Waals surface area contributed by atoms with Crippen molar-refractivity contribution in [2.75, 3.05) is 0 Å². The van der Waals surface area contributed by atoms with Gasteiger partial charge in [0.2, 0.25) is 0 Å². The molecule has 8 heterocycles. The molecule has 0 amide bonds. The maximum atomic E-state index is 5.39. The van der Waals surface area contributed by atoms with Gasteiger partial charge in [-0.05, 0) is 127 Å². The first-order valence-electron chi connectivity index (χ1n) is 21.3. The molecule has 0 saturated carbocycles. The molecule has 7 nitrogen and oxygen atoms in total. The van der Waals surface area contributed by atoms with Gasteiger partial charge in [0, 0.05) is 81.2 Å². The molecule has 3 N–H and O–H groups in total. The van der Waals surface area contributed by atoms with Gasteiger partial charge in [0.1, 0.15) is 0 Å². The summed E-state index contributed by atoms with van der Waals surface area (Å²) in [4.78, 5) is 29.7. The molecule has 0 fully saturated rings. The van der Waals surface area contributed by atoms with Crippen LogP contribution in [0.25, 0.3) is 102 Å². The van der Waals surface area contributed by atoms with Gasteiger partial charge in [0.05, 0.1) is 22.8 Å². The first-order chi connectivity index (χ1) is 32.4. The van der Waals surface area contributed by atoms with Crippen LogP contribution in [0.15, 0.2) is 171 Å². The van der Waals surface area contributed by atoms with Gasteiger partial charge in [-0.15, -0.1) is 0 Å². The fourth-order valence-electron chi connectivity index (χ4n) is 8.22. The summed E-state index contributed by atoms with van der Waals surface area (Å²) < 4.78 is 0. The largest absolute Gasteiger partial charge is 0.265 e. The van der Waals surface area contributed by atoms with E-state index in [9.17, 15) is 0 Å². The molecule has 0 radical (unpaired) electrons. The number of nitrogens with one attached hydrogen (secondary N) is 3. The molecule has 0 saturated heterocycles. The van der Waals surface area contributed by atoms with E-state index in [2.05, 4.69) is 167 Å². The number of nitrogens with zero attached hydrogens (tertiary/aromatic N) is 4. The second kappa shape index (κ2) is 20.4. The number of pyridine rings is 3. The van der Waals surface area contributed by atoms with Crippen LogP contribution in [0.5, 0.6) is 0 Å². The Bertz CT molecular complexity index is 3270. The summed E-state index contributed by atoms with van der Waals surface area (Å²) in [5.74, 6) is 0. The summed E-state index contributed by atoms with van der Waals surface area (Å²) in [6.45, 7) is 6.35. The number of fused-ring (bicyclic) bond motifs is 8. The standard InChI is InChI=1S/C46H35N5.C10H8N2.2ClH.Pt/c1-28-4-10-31(11-5-28)43-35-16-18-37(48-35)44(32-12-6-29(2)7-13-32)39-20-22-41(50-39)46(34-24-26-47-27-25-34)42-23-21-40(51-42)45(38-19-17-36(43)49-38)33-14-8-30(3)9-15-33;1-5-11-6-2-9(1)10-3-7-12-8-4-10;;;/h4-27,48,51H,1-3H3;1-8H;2*1H;/q;;;;+2/p-1. The molecule has 10 heteroatoms. The summed E-state index contributed by atoms with van der Waals surface area (Å²) in [6, 6.07) is 46.9. The number of hydrogen-bond donors (Lipinski definition) is 2. The minimum Gasteiger partial charge on any atom is -0.265 e. The fourth-order valence-corrected chi connectivity index (χ4v) is 8.22. The molecule has 8 bridgehead atoms. The van der Waals surface area contributed by atoms with Crippen LogP contribution in [0.4, 0.5) is 0 Å². The molecule has 0 unspecified atom stereocenters. The van der Waals surface area contributed by atoms with E-state index in [1.165, 1.54) is 27.8 Å². The van der Waals surface area contributed by atoms with Gasteiger partial charge in [-0.25, -0.2) is 15.0 Å². The summed E-state index contributed by atoms with van der Waals surface area (Å²) in [7, 11) is 9.75. The Morgan fingerprint density at radius 3 is 0.955 bits per heavy atom. The van der Waals surface area contributed by atoms with Crippen molar-refractivity contribution >= 4 is 65.2 Å². The van der Waals surface area contributed by atoms with Crippen LogP contribution in [0.2, 0.25) is 0 Å². The number of rotatable bonds is 5. The second-order valence-corrected chi connectivity index (χ2v) is 19.2. The molecular weight excluding hydrogens is 1040 g/mol. The number of halogens is 2. The van der Waals surface area contributed by atoms with Gasteiger partial charge in [0.25, 0.3) is 0 Å². The average Bonchev–Trinajstić information content (AvgIpc) is 4.21. The van der Waals surface area contributed by atoms with E-state index in [-0.39, 0.29) is 0 Å². The first-order valence-corrected chi connectivity index (χ1v) is 27.0. The monoisotopic (exact) mass is 1080 g/mol. The molecule has 9 aromatic rings. The Hall–Kier alpha value is -7.02. The molecule has 0 spiro atoms. The Kier molecular flexibility index (Phi) is 13.7. The van der Waals surface area contributed by atoms with E-state index < -0.39 is 16.5 Å². The van der Waals surface area contributed by atoms with Crippen molar-refractivity contribution in [3.63, 3.8) is 0 Å². The minimum absolute atomic E-state index is 0.472. The van der Waals surface area contributed by atoms with Gasteiger partial charge in [-0.3, -0.25) is 9.97 Å². The third-order valence-corrected chi connectivity index (χ3v) is 11.5. The van der Waals surface area contributed by atoms with Crippen LogP contribution in [0, 0.1) is 20.8 Å². The molecule has 3 aromatic carbocycles. The normalized spacial score (nSPS) is 11.4. The van der Waals surface area contributed by atoms with Crippen molar-refractivity contribution in [2.45, 2.75) is 20.8 Å². The average molecular weight is 1080 g/mol. The van der Waals surface area contributed by atoms with Crippen molar-refractivity contribution < 1.29 is 21.5 Å². The zero-order valence-corrected chi connectivity index (χ0v) is 40.1. The Balaban J connectivity index is 0.000000311. The van der Waals surface area contributed by atoms with E-state index in [1.807, 2.05) is 61.2 Å². The third-order valence-electron chi connectivity index (χ3n) is 11.5. The first kappa shape index (κ1) is 44.2. The van der Waals surface area contributed by atoms with Crippen molar-refractivity contribution in [1.82, 2.24) is 29.9 Å². The Morgan fingerprint density at radius 2 is 0.636 bits per heavy atom. The molecule has 2 aliphatic heterocycles. The van der Waals surface area contributed by atoms with Crippen LogP contribution in [0.1, 0.15) is 39.5 Å². The maximum Gasteiger partial charge on any atom is 0.167 e. The topological polar surface area (TPSA) is 97.3 Å². The predicted octanol–water partition coefficient (Wildman–Crippen LogP) is 14.6. The number of hydrogen-bond acceptors (Lipinski definition) is 4. The summed E-state index contributed by atoms with van der Waals surface area (Å²) in [5, 5.41) is 0. The molecule has 6 aromatic heterocycles. The van der Waals surface area contributed by atoms with Crippen LogP contribution < -0.4 is 4.98 Å². The number of aromatic nitrogens is 7. The quantitative estimate of drug-likeness (QED) is 0.179. The molecular formula is C56H44Cl2N7Pt+. The molecule has 0 aliphatic carbocycles. The third kappa shape index (κ3) is 9.80. The van der Waals surface area contributed by atoms with E-state index >= 15 is 0 Å². The SMILES string of the molecule is Cc1ccc(-c2c3nc(c(-c4ccc(C)cc4)c4ccc([nH]4)c(-c4ccc(C)cc4)c4nc(c(-c5ccncc5)c5ccc2[nH]5)C=C4)C=C3)cc1.[Cl][Pt][Cl].c1cc(-c2cc[nH+]cc2)ccn1. The molecule has 66 heavy (non-hydrogen) atoms. The number of aryl methyl sites for hydroxylation is 3. The van der Waals surface area contributed by atoms with Gasteiger partial charge in [0.15, 0.2) is 12.4 Å². The van der Waals surface area contributed by atoms with Gasteiger partial charge < -0.3 is 9.97 Å². The zero-order valence-electron chi connectivity index (χ0n) is 36.3. The van der Waals surface area contributed by atoms with Crippen molar-refractivity contribution in [3.8, 4) is 55.6 Å². The number of benzene rings is 3. The van der Waals surface area contributed by atoms with E-state index in [4.69, 9.17) is 28.8 Å². The zero-order chi connectivity index (χ0) is 45.4. The number of H-pyrrole nitrogens is 3. The summed E-state index contributed by atoms with van der Waals surface area (Å²) in [6.07, 6.45) is 19.6. The predicted molar refractivity (Wildman–Crippen MR) is 271 cm³/mol. The van der Waals surface area contributed by atoms with Crippen LogP contribution in [0.3, 0.4) is 0 Å². The molecule has 326 valence electrons. The Labute approximate surface area is 400 Å². The van der Waals surface area contributed by atoms with Crippen molar-refractivity contribution in [3.05, 3.63) is 210 Å². The summed E-state index contributed by atoms with van der Waals surface area (Å²) >= 11 is -0.472. The van der Waals surface area contributed by atoms with Crippen LogP contribution >= 0.6 is 18.8 Å². The van der Waals surface area contributed by atoms with E-state index in [0.717, 1.165) is 89.4 Å². The van der Waals surface area contributed by atoms with Crippen molar-refractivity contribution in [1.29, 1.82) is 0 Å². The second-order valence-electron chi connectivity index (χ2n) is 15.9. The maximum absolute atomic E-state index is 5.39. The van der Waals surface area contributed by atoms with E-state index in [0.29, 0.717) is 0 Å². The minimum atomic E-state index is -0.472. The van der Waals surface area contributed by atoms with Gasteiger partial charge >= 0.3 is 35.3 Å². The van der Waals surface area contributed by atoms with Crippen molar-refractivity contribution in [2.24, 2.45) is 0 Å². The Morgan fingerprint density at radius 1 is 0.364 bits per heavy atom. The van der Waals surface area contributed by atoms with E-state index in [1.54, 1.807) is 12.4 Å². The van der Waals surface area contributed by atoms with Crippen LogP contribution in [-0.2, 0) is 16.5 Å². The molecule has 11 rings (SSSR count). The molecule has 2 aliphatic rings. The number of aromatic amines is 3. The summed E-state index contributed by atoms with van der Waals surface area (Å²) in [5.41, 5.74) is 22.0. The van der Waals surface area contributed by atoms with Crippen LogP contribution in [-0.4, -0.2) is 29.9 Å². The molecule has 0 atom stereocenters. The van der Waals surface area contributed by atoms with Gasteiger partial charge in [-0.1, -0.05) is 89.5 Å². The fraction of sp³-hybridized carbons (Fsp3) is 0.0536. The smallest absolute Gasteiger partial charge is 0.167 e.